The molecule has 0 radical (unpaired) electrons. The third kappa shape index (κ3) is 4.14. The molecule has 2 heterocycles. The number of anilines is 2. The summed E-state index contributed by atoms with van der Waals surface area (Å²) in [7, 11) is 7.14. The molecule has 1 saturated heterocycles. The van der Waals surface area contributed by atoms with Crippen LogP contribution >= 0.6 is 23.4 Å². The quantitative estimate of drug-likeness (QED) is 0.670. The fraction of sp³-hybridized carbons (Fsp3) is 0.455. The Morgan fingerprint density at radius 2 is 1.63 bits per heavy atom. The molecule has 2 aliphatic heterocycles. The van der Waals surface area contributed by atoms with Crippen molar-refractivity contribution in [3.8, 4) is 0 Å². The molecule has 5 heteroatoms. The van der Waals surface area contributed by atoms with E-state index in [1.54, 1.807) is 0 Å². The molecule has 27 heavy (non-hydrogen) atoms. The second kappa shape index (κ2) is 7.32. The largest absolute Gasteiger partial charge is 0.339 e. The van der Waals surface area contributed by atoms with E-state index in [0.717, 1.165) is 16.1 Å². The fourth-order valence-electron chi connectivity index (χ4n) is 4.13. The Hall–Kier alpha value is -1.20. The summed E-state index contributed by atoms with van der Waals surface area (Å²) in [6.45, 7) is 7.39. The van der Waals surface area contributed by atoms with Gasteiger partial charge in [-0.15, -0.1) is 0 Å². The Morgan fingerprint density at radius 1 is 0.926 bits per heavy atom. The fourth-order valence-corrected chi connectivity index (χ4v) is 5.37. The Kier molecular flexibility index (Phi) is 5.19. The van der Waals surface area contributed by atoms with Crippen molar-refractivity contribution in [2.45, 2.75) is 16.2 Å². The van der Waals surface area contributed by atoms with Gasteiger partial charge in [-0.25, -0.2) is 0 Å². The van der Waals surface area contributed by atoms with Crippen LogP contribution in [0.2, 0.25) is 5.02 Å². The Labute approximate surface area is 172 Å². The van der Waals surface area contributed by atoms with Gasteiger partial charge in [0.05, 0.1) is 39.1 Å². The molecule has 0 atom stereocenters. The zero-order valence-corrected chi connectivity index (χ0v) is 18.2. The van der Waals surface area contributed by atoms with Crippen LogP contribution in [0.15, 0.2) is 52.3 Å². The Morgan fingerprint density at radius 3 is 2.41 bits per heavy atom. The highest BCUT2D eigenvalue weighted by atomic mass is 35.5. The van der Waals surface area contributed by atoms with Crippen LogP contribution in [0, 0.1) is 0 Å². The van der Waals surface area contributed by atoms with Crippen LogP contribution in [0.25, 0.3) is 0 Å². The van der Waals surface area contributed by atoms with Gasteiger partial charge in [0.1, 0.15) is 26.2 Å². The maximum absolute atomic E-state index is 6.33. The Balaban J connectivity index is 1.50. The number of hydrogen-bond acceptors (Lipinski definition) is 2. The average molecular weight is 404 g/mol. The molecule has 0 aliphatic carbocycles. The highest BCUT2D eigenvalue weighted by Gasteiger charge is 2.34. The van der Waals surface area contributed by atoms with Crippen LogP contribution in [0.1, 0.15) is 6.42 Å². The number of hydrogen-bond donors (Lipinski definition) is 0. The molecule has 0 aromatic heterocycles. The lowest BCUT2D eigenvalue weighted by molar-refractivity contribution is -1.01. The number of quaternary nitrogens is 2. The van der Waals surface area contributed by atoms with Gasteiger partial charge in [0, 0.05) is 27.8 Å². The van der Waals surface area contributed by atoms with Gasteiger partial charge >= 0.3 is 0 Å². The van der Waals surface area contributed by atoms with Crippen LogP contribution in [0.5, 0.6) is 0 Å². The molecule has 0 N–H and O–H groups in total. The van der Waals surface area contributed by atoms with Gasteiger partial charge < -0.3 is 13.9 Å². The number of piperazine rings is 1. The molecule has 1 fully saturated rings. The predicted octanol–water partition coefficient (Wildman–Crippen LogP) is 4.87. The smallest absolute Gasteiger partial charge is 0.128 e. The maximum Gasteiger partial charge on any atom is 0.128 e. The van der Waals surface area contributed by atoms with E-state index in [-0.39, 0.29) is 0 Å². The van der Waals surface area contributed by atoms with E-state index in [1.165, 1.54) is 64.8 Å². The van der Waals surface area contributed by atoms with Gasteiger partial charge in [0.15, 0.2) is 0 Å². The van der Waals surface area contributed by atoms with E-state index in [2.05, 4.69) is 62.4 Å². The molecular formula is C22H30ClN3S+2. The van der Waals surface area contributed by atoms with Gasteiger partial charge in [-0.1, -0.05) is 35.5 Å². The molecule has 4 rings (SSSR count). The van der Waals surface area contributed by atoms with Crippen molar-refractivity contribution in [3.63, 3.8) is 0 Å². The van der Waals surface area contributed by atoms with Crippen LogP contribution in [0.3, 0.4) is 0 Å². The van der Waals surface area contributed by atoms with Gasteiger partial charge in [-0.2, -0.15) is 0 Å². The summed E-state index contributed by atoms with van der Waals surface area (Å²) in [5, 5.41) is 0.814. The average Bonchev–Trinajstić information content (AvgIpc) is 2.64. The summed E-state index contributed by atoms with van der Waals surface area (Å²) < 4.78 is 2.37. The predicted molar refractivity (Wildman–Crippen MR) is 116 cm³/mol. The number of fused-ring (bicyclic) bond motifs is 2. The number of halogens is 1. The van der Waals surface area contributed by atoms with Crippen molar-refractivity contribution in [3.05, 3.63) is 47.5 Å². The normalized spacial score (nSPS) is 20.1. The third-order valence-electron chi connectivity index (χ3n) is 6.16. The van der Waals surface area contributed by atoms with Crippen LogP contribution in [0.4, 0.5) is 11.4 Å². The molecule has 2 aromatic rings. The molecule has 2 aliphatic rings. The zero-order valence-electron chi connectivity index (χ0n) is 16.6. The summed E-state index contributed by atoms with van der Waals surface area (Å²) in [5.74, 6) is 0. The first-order chi connectivity index (χ1) is 12.9. The van der Waals surface area contributed by atoms with Crippen molar-refractivity contribution >= 4 is 34.7 Å². The van der Waals surface area contributed by atoms with E-state index in [9.17, 15) is 0 Å². The number of likely N-dealkylation sites (N-methyl/N-ethyl adjacent to an activating group) is 2. The minimum absolute atomic E-state index is 0.814. The molecule has 2 aromatic carbocycles. The zero-order chi connectivity index (χ0) is 19.1. The van der Waals surface area contributed by atoms with E-state index in [4.69, 9.17) is 11.6 Å². The van der Waals surface area contributed by atoms with Gasteiger partial charge in [-0.05, 0) is 30.3 Å². The van der Waals surface area contributed by atoms with Gasteiger partial charge in [-0.3, -0.25) is 0 Å². The summed E-state index contributed by atoms with van der Waals surface area (Å²) in [6, 6.07) is 15.0. The molecular weight excluding hydrogens is 374 g/mol. The van der Waals surface area contributed by atoms with Crippen molar-refractivity contribution in [1.82, 2.24) is 0 Å². The van der Waals surface area contributed by atoms with E-state index >= 15 is 0 Å². The highest BCUT2D eigenvalue weighted by Crippen LogP contribution is 2.48. The second-order valence-electron chi connectivity index (χ2n) is 8.86. The monoisotopic (exact) mass is 403 g/mol. The standard InChI is InChI=1S/C22H30ClN3S/c1-25(2)13-15-26(3,16-14-25)12-6-11-24-19-7-4-5-8-21(19)27-22-10-9-18(23)17-20(22)24/h4-5,7-10,17H,6,11-16H2,1-3H3/q+2. The van der Waals surface area contributed by atoms with Crippen LogP contribution < -0.4 is 4.90 Å². The number of nitrogens with zero attached hydrogens (tertiary/aromatic N) is 3. The first-order valence-electron chi connectivity index (χ1n) is 9.85. The molecule has 0 bridgehead atoms. The van der Waals surface area contributed by atoms with Crippen molar-refractivity contribution in [2.75, 3.05) is 65.3 Å². The lowest BCUT2D eigenvalue weighted by Crippen LogP contribution is -2.62. The minimum atomic E-state index is 0.814. The minimum Gasteiger partial charge on any atom is -0.339 e. The third-order valence-corrected chi connectivity index (χ3v) is 7.52. The summed E-state index contributed by atoms with van der Waals surface area (Å²) in [6.07, 6.45) is 1.19. The molecule has 0 amide bonds. The summed E-state index contributed by atoms with van der Waals surface area (Å²) in [4.78, 5) is 5.11. The number of para-hydroxylation sites is 1. The van der Waals surface area contributed by atoms with E-state index in [1.807, 2.05) is 17.8 Å². The summed E-state index contributed by atoms with van der Waals surface area (Å²) >= 11 is 8.18. The molecule has 3 nitrogen and oxygen atoms in total. The SMILES string of the molecule is C[N+]1(C)CC[N+](C)(CCCN2c3ccccc3Sc3ccc(Cl)cc32)CC1. The van der Waals surface area contributed by atoms with Crippen LogP contribution in [-0.2, 0) is 0 Å². The van der Waals surface area contributed by atoms with E-state index < -0.39 is 0 Å². The number of benzene rings is 2. The van der Waals surface area contributed by atoms with Gasteiger partial charge in [0.25, 0.3) is 0 Å². The van der Waals surface area contributed by atoms with Gasteiger partial charge in [0.2, 0.25) is 0 Å². The first kappa shape index (κ1) is 19.1. The molecule has 144 valence electrons. The Bertz CT molecular complexity index is 826. The van der Waals surface area contributed by atoms with Crippen molar-refractivity contribution in [2.24, 2.45) is 0 Å². The lowest BCUT2D eigenvalue weighted by atomic mass is 10.2. The molecule has 0 unspecified atom stereocenters. The molecule has 0 spiro atoms. The topological polar surface area (TPSA) is 3.24 Å². The van der Waals surface area contributed by atoms with Crippen molar-refractivity contribution in [1.29, 1.82) is 0 Å². The van der Waals surface area contributed by atoms with Crippen molar-refractivity contribution < 1.29 is 8.97 Å². The van der Waals surface area contributed by atoms with Crippen LogP contribution in [-0.4, -0.2) is 69.4 Å². The number of rotatable bonds is 4. The maximum atomic E-state index is 6.33. The van der Waals surface area contributed by atoms with E-state index in [0.29, 0.717) is 0 Å². The molecule has 0 saturated carbocycles. The summed E-state index contributed by atoms with van der Waals surface area (Å²) in [5.41, 5.74) is 2.57. The lowest BCUT2D eigenvalue weighted by Gasteiger charge is -2.44. The second-order valence-corrected chi connectivity index (χ2v) is 10.4. The highest BCUT2D eigenvalue weighted by molar-refractivity contribution is 7.99. The first-order valence-corrected chi connectivity index (χ1v) is 11.0.